The largest absolute Gasteiger partial charge is 0.351 e. The molecule has 0 aliphatic carbocycles. The second-order valence-corrected chi connectivity index (χ2v) is 4.23. The van der Waals surface area contributed by atoms with E-state index in [2.05, 4.69) is 17.6 Å². The lowest BCUT2D eigenvalue weighted by atomic mass is 10.1. The van der Waals surface area contributed by atoms with Gasteiger partial charge in [-0.05, 0) is 32.0 Å². The number of rotatable bonds is 7. The average Bonchev–Trinajstić information content (AvgIpc) is 2.34. The van der Waals surface area contributed by atoms with Crippen molar-refractivity contribution in [2.75, 3.05) is 19.6 Å². The highest BCUT2D eigenvalue weighted by Crippen LogP contribution is 2.02. The Morgan fingerprint density at radius 2 is 1.82 bits per heavy atom. The van der Waals surface area contributed by atoms with Crippen LogP contribution in [0, 0.1) is 6.92 Å². The fourth-order valence-electron chi connectivity index (χ4n) is 1.50. The molecule has 0 fully saturated rings. The second kappa shape index (κ2) is 7.85. The van der Waals surface area contributed by atoms with Crippen LogP contribution in [0.2, 0.25) is 0 Å². The topological polar surface area (TPSA) is 41.1 Å². The van der Waals surface area contributed by atoms with E-state index >= 15 is 0 Å². The highest BCUT2D eigenvalue weighted by atomic mass is 16.1. The van der Waals surface area contributed by atoms with E-state index in [1.807, 2.05) is 31.2 Å². The summed E-state index contributed by atoms with van der Waals surface area (Å²) < 4.78 is 0. The van der Waals surface area contributed by atoms with E-state index in [1.54, 1.807) is 0 Å². The number of carbonyl (C=O) groups is 1. The Balaban J connectivity index is 2.19. The van der Waals surface area contributed by atoms with Crippen LogP contribution in [0.15, 0.2) is 24.3 Å². The highest BCUT2D eigenvalue weighted by molar-refractivity contribution is 5.94. The number of aryl methyl sites for hydroxylation is 1. The van der Waals surface area contributed by atoms with Crippen LogP contribution in [-0.4, -0.2) is 25.5 Å². The summed E-state index contributed by atoms with van der Waals surface area (Å²) in [6.07, 6.45) is 2.38. The third-order valence-electron chi connectivity index (χ3n) is 2.61. The molecule has 0 heterocycles. The van der Waals surface area contributed by atoms with Crippen molar-refractivity contribution < 1.29 is 4.79 Å². The van der Waals surface area contributed by atoms with Crippen molar-refractivity contribution >= 4 is 5.91 Å². The number of hydrogen-bond donors (Lipinski definition) is 2. The standard InChI is InChI=1S/C14H22N2O/c1-3-4-9-15-10-11-16-14(17)13-7-5-12(2)6-8-13/h5-8,15H,3-4,9-11H2,1-2H3,(H,16,17). The molecule has 3 heteroatoms. The lowest BCUT2D eigenvalue weighted by molar-refractivity contribution is 0.0954. The Kier molecular flexibility index (Phi) is 6.33. The Hall–Kier alpha value is -1.35. The minimum Gasteiger partial charge on any atom is -0.351 e. The third kappa shape index (κ3) is 5.50. The van der Waals surface area contributed by atoms with Gasteiger partial charge in [0.05, 0.1) is 0 Å². The first kappa shape index (κ1) is 13.7. The minimum absolute atomic E-state index is 0.00212. The lowest BCUT2D eigenvalue weighted by Gasteiger charge is -2.06. The van der Waals surface area contributed by atoms with Crippen molar-refractivity contribution in [2.45, 2.75) is 26.7 Å². The molecule has 0 unspecified atom stereocenters. The van der Waals surface area contributed by atoms with E-state index in [0.29, 0.717) is 6.54 Å². The molecule has 3 nitrogen and oxygen atoms in total. The maximum Gasteiger partial charge on any atom is 0.251 e. The first-order valence-electron chi connectivity index (χ1n) is 6.29. The quantitative estimate of drug-likeness (QED) is 0.709. The van der Waals surface area contributed by atoms with Crippen molar-refractivity contribution in [2.24, 2.45) is 0 Å². The molecular weight excluding hydrogens is 212 g/mol. The molecule has 0 aliphatic rings. The van der Waals surface area contributed by atoms with E-state index in [1.165, 1.54) is 18.4 Å². The molecule has 0 spiro atoms. The second-order valence-electron chi connectivity index (χ2n) is 4.23. The SMILES string of the molecule is CCCCNCCNC(=O)c1ccc(C)cc1. The van der Waals surface area contributed by atoms with Crippen LogP contribution in [0.4, 0.5) is 0 Å². The number of benzene rings is 1. The molecule has 0 saturated heterocycles. The molecule has 17 heavy (non-hydrogen) atoms. The molecule has 0 saturated carbocycles. The number of unbranched alkanes of at least 4 members (excludes halogenated alkanes) is 1. The van der Waals surface area contributed by atoms with E-state index in [0.717, 1.165) is 18.7 Å². The molecule has 0 radical (unpaired) electrons. The van der Waals surface area contributed by atoms with Crippen molar-refractivity contribution in [3.8, 4) is 0 Å². The van der Waals surface area contributed by atoms with Gasteiger partial charge in [0.1, 0.15) is 0 Å². The Morgan fingerprint density at radius 3 is 2.47 bits per heavy atom. The molecule has 1 rings (SSSR count). The van der Waals surface area contributed by atoms with Gasteiger partial charge in [-0.3, -0.25) is 4.79 Å². The van der Waals surface area contributed by atoms with Crippen LogP contribution >= 0.6 is 0 Å². The average molecular weight is 234 g/mol. The van der Waals surface area contributed by atoms with Crippen molar-refractivity contribution in [3.05, 3.63) is 35.4 Å². The van der Waals surface area contributed by atoms with Crippen molar-refractivity contribution in [1.29, 1.82) is 0 Å². The zero-order valence-corrected chi connectivity index (χ0v) is 10.8. The fraction of sp³-hybridized carbons (Fsp3) is 0.500. The van der Waals surface area contributed by atoms with Gasteiger partial charge < -0.3 is 10.6 Å². The minimum atomic E-state index is 0.00212. The molecule has 2 N–H and O–H groups in total. The van der Waals surface area contributed by atoms with Crippen LogP contribution in [0.1, 0.15) is 35.7 Å². The van der Waals surface area contributed by atoms with Gasteiger partial charge in [0.2, 0.25) is 0 Å². The first-order valence-corrected chi connectivity index (χ1v) is 6.29. The van der Waals surface area contributed by atoms with Crippen LogP contribution in [-0.2, 0) is 0 Å². The van der Waals surface area contributed by atoms with Gasteiger partial charge in [0.25, 0.3) is 5.91 Å². The number of nitrogens with one attached hydrogen (secondary N) is 2. The van der Waals surface area contributed by atoms with Crippen LogP contribution < -0.4 is 10.6 Å². The van der Waals surface area contributed by atoms with Gasteiger partial charge in [-0.1, -0.05) is 31.0 Å². The summed E-state index contributed by atoms with van der Waals surface area (Å²) in [7, 11) is 0. The predicted molar refractivity (Wildman–Crippen MR) is 71.3 cm³/mol. The van der Waals surface area contributed by atoms with Crippen molar-refractivity contribution in [1.82, 2.24) is 10.6 Å². The maximum absolute atomic E-state index is 11.7. The number of carbonyl (C=O) groups excluding carboxylic acids is 1. The van der Waals surface area contributed by atoms with Gasteiger partial charge in [0.15, 0.2) is 0 Å². The molecule has 0 atom stereocenters. The molecule has 1 amide bonds. The first-order chi connectivity index (χ1) is 8.24. The maximum atomic E-state index is 11.7. The van der Waals surface area contributed by atoms with Gasteiger partial charge in [-0.2, -0.15) is 0 Å². The monoisotopic (exact) mass is 234 g/mol. The summed E-state index contributed by atoms with van der Waals surface area (Å²) in [5.74, 6) is 0.00212. The normalized spacial score (nSPS) is 10.2. The molecule has 0 bridgehead atoms. The van der Waals surface area contributed by atoms with Gasteiger partial charge in [-0.25, -0.2) is 0 Å². The summed E-state index contributed by atoms with van der Waals surface area (Å²) in [5, 5.41) is 6.18. The lowest BCUT2D eigenvalue weighted by Crippen LogP contribution is -2.32. The van der Waals surface area contributed by atoms with E-state index in [-0.39, 0.29) is 5.91 Å². The highest BCUT2D eigenvalue weighted by Gasteiger charge is 2.02. The Labute approximate surface area is 104 Å². The number of amides is 1. The summed E-state index contributed by atoms with van der Waals surface area (Å²) >= 11 is 0. The summed E-state index contributed by atoms with van der Waals surface area (Å²) in [4.78, 5) is 11.7. The molecule has 94 valence electrons. The molecule has 1 aromatic carbocycles. The van der Waals surface area contributed by atoms with Crippen molar-refractivity contribution in [3.63, 3.8) is 0 Å². The third-order valence-corrected chi connectivity index (χ3v) is 2.61. The summed E-state index contributed by atoms with van der Waals surface area (Å²) in [6, 6.07) is 7.62. The number of hydrogen-bond acceptors (Lipinski definition) is 2. The predicted octanol–water partition coefficient (Wildman–Crippen LogP) is 2.11. The molecular formula is C14H22N2O. The zero-order valence-electron chi connectivity index (χ0n) is 10.8. The Morgan fingerprint density at radius 1 is 1.12 bits per heavy atom. The fourth-order valence-corrected chi connectivity index (χ4v) is 1.50. The Bertz CT molecular complexity index is 333. The van der Waals surface area contributed by atoms with Gasteiger partial charge >= 0.3 is 0 Å². The van der Waals surface area contributed by atoms with Gasteiger partial charge in [-0.15, -0.1) is 0 Å². The molecule has 0 aromatic heterocycles. The molecule has 0 aliphatic heterocycles. The van der Waals surface area contributed by atoms with Gasteiger partial charge in [0, 0.05) is 18.7 Å². The summed E-state index contributed by atoms with van der Waals surface area (Å²) in [5.41, 5.74) is 1.90. The van der Waals surface area contributed by atoms with E-state index in [9.17, 15) is 4.79 Å². The smallest absolute Gasteiger partial charge is 0.251 e. The van der Waals surface area contributed by atoms with Crippen LogP contribution in [0.25, 0.3) is 0 Å². The van der Waals surface area contributed by atoms with E-state index in [4.69, 9.17) is 0 Å². The van der Waals surface area contributed by atoms with E-state index < -0.39 is 0 Å². The van der Waals surface area contributed by atoms with Crippen LogP contribution in [0.5, 0.6) is 0 Å². The molecule has 1 aromatic rings. The van der Waals surface area contributed by atoms with Crippen LogP contribution in [0.3, 0.4) is 0 Å². The summed E-state index contributed by atoms with van der Waals surface area (Å²) in [6.45, 7) is 6.71. The zero-order chi connectivity index (χ0) is 12.5.